The van der Waals surface area contributed by atoms with Gasteiger partial charge < -0.3 is 11.1 Å². The topological polar surface area (TPSA) is 55.1 Å². The van der Waals surface area contributed by atoms with Crippen molar-refractivity contribution in [3.63, 3.8) is 0 Å². The van der Waals surface area contributed by atoms with Gasteiger partial charge in [0.05, 0.1) is 5.54 Å². The first-order chi connectivity index (χ1) is 7.56. The average molecular weight is 226 g/mol. The largest absolute Gasteiger partial charge is 0.352 e. The van der Waals surface area contributed by atoms with Gasteiger partial charge in [-0.3, -0.25) is 4.79 Å². The van der Waals surface area contributed by atoms with Crippen molar-refractivity contribution in [2.75, 3.05) is 0 Å². The van der Waals surface area contributed by atoms with E-state index < -0.39 is 5.54 Å². The molecule has 1 saturated carbocycles. The van der Waals surface area contributed by atoms with Crippen LogP contribution >= 0.6 is 0 Å². The van der Waals surface area contributed by atoms with Crippen LogP contribution in [0.15, 0.2) is 0 Å². The van der Waals surface area contributed by atoms with Crippen molar-refractivity contribution < 1.29 is 4.79 Å². The Hall–Kier alpha value is -0.570. The van der Waals surface area contributed by atoms with Gasteiger partial charge in [0, 0.05) is 6.04 Å². The summed E-state index contributed by atoms with van der Waals surface area (Å²) in [5.41, 5.74) is 5.23. The zero-order valence-corrected chi connectivity index (χ0v) is 10.7. The molecule has 0 heterocycles. The lowest BCUT2D eigenvalue weighted by molar-refractivity contribution is -0.126. The maximum atomic E-state index is 11.9. The summed E-state index contributed by atoms with van der Waals surface area (Å²) >= 11 is 0. The Labute approximate surface area is 99.2 Å². The van der Waals surface area contributed by atoms with Crippen LogP contribution in [0, 0.1) is 0 Å². The molecular weight excluding hydrogens is 200 g/mol. The van der Waals surface area contributed by atoms with Gasteiger partial charge in [-0.2, -0.15) is 0 Å². The van der Waals surface area contributed by atoms with Crippen LogP contribution in [-0.4, -0.2) is 17.5 Å². The number of hydrogen-bond donors (Lipinski definition) is 2. The number of rotatable bonds is 3. The third-order valence-corrected chi connectivity index (χ3v) is 3.69. The minimum atomic E-state index is -0.706. The van der Waals surface area contributed by atoms with Crippen LogP contribution in [0.4, 0.5) is 0 Å². The van der Waals surface area contributed by atoms with E-state index in [-0.39, 0.29) is 5.91 Å². The Bertz CT molecular complexity index is 218. The molecule has 0 spiro atoms. The number of carbonyl (C=O) groups excluding carboxylic acids is 1. The SMILES string of the molecule is CCC(C)(N)C(=O)NC1CCCCCCC1. The van der Waals surface area contributed by atoms with Crippen molar-refractivity contribution in [1.29, 1.82) is 0 Å². The van der Waals surface area contributed by atoms with Crippen LogP contribution in [0.3, 0.4) is 0 Å². The van der Waals surface area contributed by atoms with Gasteiger partial charge in [-0.05, 0) is 26.2 Å². The Morgan fingerprint density at radius 1 is 1.25 bits per heavy atom. The van der Waals surface area contributed by atoms with E-state index in [1.54, 1.807) is 0 Å². The van der Waals surface area contributed by atoms with Gasteiger partial charge in [0.15, 0.2) is 0 Å². The predicted molar refractivity (Wildman–Crippen MR) is 67.1 cm³/mol. The highest BCUT2D eigenvalue weighted by Crippen LogP contribution is 2.18. The van der Waals surface area contributed by atoms with E-state index in [0.717, 1.165) is 12.8 Å². The Kier molecular flexibility index (Phi) is 5.26. The highest BCUT2D eigenvalue weighted by molar-refractivity contribution is 5.85. The molecule has 0 bridgehead atoms. The van der Waals surface area contributed by atoms with E-state index in [9.17, 15) is 4.79 Å². The summed E-state index contributed by atoms with van der Waals surface area (Å²) in [5.74, 6) is 0.0144. The van der Waals surface area contributed by atoms with Gasteiger partial charge >= 0.3 is 0 Å². The smallest absolute Gasteiger partial charge is 0.239 e. The standard InChI is InChI=1S/C13H26N2O/c1-3-13(2,14)12(16)15-11-9-7-5-4-6-8-10-11/h11H,3-10,14H2,1-2H3,(H,15,16). The summed E-state index contributed by atoms with van der Waals surface area (Å²) < 4.78 is 0. The van der Waals surface area contributed by atoms with Crippen LogP contribution in [0.1, 0.15) is 65.2 Å². The van der Waals surface area contributed by atoms with Crippen LogP contribution in [0.25, 0.3) is 0 Å². The Morgan fingerprint density at radius 2 is 1.75 bits per heavy atom. The second-order valence-corrected chi connectivity index (χ2v) is 5.29. The first-order valence-corrected chi connectivity index (χ1v) is 6.66. The quantitative estimate of drug-likeness (QED) is 0.776. The lowest BCUT2D eigenvalue weighted by Gasteiger charge is -2.27. The van der Waals surface area contributed by atoms with Crippen molar-refractivity contribution in [3.05, 3.63) is 0 Å². The lowest BCUT2D eigenvalue weighted by Crippen LogP contribution is -2.53. The predicted octanol–water partition coefficient (Wildman–Crippen LogP) is 2.34. The molecule has 0 saturated heterocycles. The number of nitrogens with one attached hydrogen (secondary N) is 1. The zero-order chi connectivity index (χ0) is 12.0. The highest BCUT2D eigenvalue weighted by Gasteiger charge is 2.27. The molecule has 3 N–H and O–H groups in total. The molecule has 1 atom stereocenters. The summed E-state index contributed by atoms with van der Waals surface area (Å²) in [6.07, 6.45) is 9.35. The molecule has 0 aliphatic heterocycles. The third kappa shape index (κ3) is 4.12. The summed E-state index contributed by atoms with van der Waals surface area (Å²) in [5, 5.41) is 3.11. The second-order valence-electron chi connectivity index (χ2n) is 5.29. The monoisotopic (exact) mass is 226 g/mol. The first kappa shape index (κ1) is 13.5. The molecule has 3 nitrogen and oxygen atoms in total. The van der Waals surface area contributed by atoms with E-state index in [1.807, 2.05) is 13.8 Å². The van der Waals surface area contributed by atoms with Crippen molar-refractivity contribution in [1.82, 2.24) is 5.32 Å². The fraction of sp³-hybridized carbons (Fsp3) is 0.923. The minimum absolute atomic E-state index is 0.0144. The van der Waals surface area contributed by atoms with Gasteiger partial charge in [0.25, 0.3) is 0 Å². The number of hydrogen-bond acceptors (Lipinski definition) is 2. The lowest BCUT2D eigenvalue weighted by atomic mass is 9.94. The zero-order valence-electron chi connectivity index (χ0n) is 10.7. The molecule has 1 aliphatic carbocycles. The Balaban J connectivity index is 2.42. The number of carbonyl (C=O) groups is 1. The van der Waals surface area contributed by atoms with Crippen LogP contribution in [0.5, 0.6) is 0 Å². The molecule has 94 valence electrons. The van der Waals surface area contributed by atoms with E-state index in [1.165, 1.54) is 32.1 Å². The van der Waals surface area contributed by atoms with Crippen molar-refractivity contribution in [3.8, 4) is 0 Å². The van der Waals surface area contributed by atoms with Crippen LogP contribution in [0.2, 0.25) is 0 Å². The molecule has 0 aromatic rings. The summed E-state index contributed by atoms with van der Waals surface area (Å²) in [6.45, 7) is 3.77. The summed E-state index contributed by atoms with van der Waals surface area (Å²) in [6, 6.07) is 0.349. The van der Waals surface area contributed by atoms with Gasteiger partial charge in [-0.1, -0.05) is 39.0 Å². The maximum absolute atomic E-state index is 11.9. The number of amides is 1. The fourth-order valence-corrected chi connectivity index (χ4v) is 2.11. The normalized spacial score (nSPS) is 22.9. The summed E-state index contributed by atoms with van der Waals surface area (Å²) in [7, 11) is 0. The minimum Gasteiger partial charge on any atom is -0.352 e. The van der Waals surface area contributed by atoms with Gasteiger partial charge in [0.2, 0.25) is 5.91 Å². The molecular formula is C13H26N2O. The molecule has 1 unspecified atom stereocenters. The summed E-state index contributed by atoms with van der Waals surface area (Å²) in [4.78, 5) is 11.9. The molecule has 1 rings (SSSR count). The van der Waals surface area contributed by atoms with Crippen molar-refractivity contribution in [2.24, 2.45) is 5.73 Å². The van der Waals surface area contributed by atoms with Crippen molar-refractivity contribution >= 4 is 5.91 Å². The fourth-order valence-electron chi connectivity index (χ4n) is 2.11. The van der Waals surface area contributed by atoms with Gasteiger partial charge in [-0.25, -0.2) is 0 Å². The van der Waals surface area contributed by atoms with Gasteiger partial charge in [0.1, 0.15) is 0 Å². The van der Waals surface area contributed by atoms with Gasteiger partial charge in [-0.15, -0.1) is 0 Å². The molecule has 1 amide bonds. The second kappa shape index (κ2) is 6.24. The highest BCUT2D eigenvalue weighted by atomic mass is 16.2. The van der Waals surface area contributed by atoms with E-state index in [0.29, 0.717) is 12.5 Å². The van der Waals surface area contributed by atoms with E-state index in [2.05, 4.69) is 5.32 Å². The number of nitrogens with two attached hydrogens (primary N) is 1. The molecule has 1 fully saturated rings. The third-order valence-electron chi connectivity index (χ3n) is 3.69. The Morgan fingerprint density at radius 3 is 2.25 bits per heavy atom. The van der Waals surface area contributed by atoms with Crippen molar-refractivity contribution in [2.45, 2.75) is 76.8 Å². The van der Waals surface area contributed by atoms with E-state index in [4.69, 9.17) is 5.73 Å². The van der Waals surface area contributed by atoms with Crippen LogP contribution < -0.4 is 11.1 Å². The molecule has 3 heteroatoms. The van der Waals surface area contributed by atoms with Crippen LogP contribution in [-0.2, 0) is 4.79 Å². The maximum Gasteiger partial charge on any atom is 0.239 e. The molecule has 0 aromatic carbocycles. The molecule has 16 heavy (non-hydrogen) atoms. The molecule has 0 aromatic heterocycles. The first-order valence-electron chi connectivity index (χ1n) is 6.66. The van der Waals surface area contributed by atoms with E-state index >= 15 is 0 Å². The molecule has 1 aliphatic rings. The average Bonchev–Trinajstić information content (AvgIpc) is 2.21. The molecule has 0 radical (unpaired) electrons.